The minimum atomic E-state index is -4.48. The van der Waals surface area contributed by atoms with Gasteiger partial charge in [0.1, 0.15) is 0 Å². The van der Waals surface area contributed by atoms with Crippen molar-refractivity contribution >= 4 is 39.3 Å². The molecule has 196 valence electrons. The van der Waals surface area contributed by atoms with Crippen molar-refractivity contribution < 1.29 is 18.0 Å². The Morgan fingerprint density at radius 3 is 2.28 bits per heavy atom. The predicted molar refractivity (Wildman–Crippen MR) is 150 cm³/mol. The van der Waals surface area contributed by atoms with Crippen LogP contribution in [0.2, 0.25) is 0 Å². The molecular formula is C29H20BrF3N4OS. The molecule has 1 N–H and O–H groups in total. The van der Waals surface area contributed by atoms with Crippen LogP contribution in [0.25, 0.3) is 17.1 Å². The predicted octanol–water partition coefficient (Wildman–Crippen LogP) is 8.26. The van der Waals surface area contributed by atoms with Crippen LogP contribution in [0, 0.1) is 0 Å². The third-order valence-electron chi connectivity index (χ3n) is 5.78. The van der Waals surface area contributed by atoms with E-state index < -0.39 is 17.6 Å². The van der Waals surface area contributed by atoms with Crippen LogP contribution in [-0.2, 0) is 11.9 Å². The van der Waals surface area contributed by atoms with E-state index >= 15 is 0 Å². The lowest BCUT2D eigenvalue weighted by Crippen LogP contribution is -2.13. The molecule has 4 aromatic carbocycles. The van der Waals surface area contributed by atoms with Gasteiger partial charge in [-0.15, -0.1) is 10.2 Å². The lowest BCUT2D eigenvalue weighted by atomic mass is 10.1. The number of halogens is 4. The number of para-hydroxylation sites is 1. The number of thioether (sulfide) groups is 1. The molecule has 0 bridgehead atoms. The summed E-state index contributed by atoms with van der Waals surface area (Å²) in [5.41, 5.74) is 2.41. The fourth-order valence-electron chi connectivity index (χ4n) is 3.84. The molecule has 0 atom stereocenters. The van der Waals surface area contributed by atoms with E-state index in [1.54, 1.807) is 12.1 Å². The summed E-state index contributed by atoms with van der Waals surface area (Å²) in [6.07, 6.45) is -4.48. The summed E-state index contributed by atoms with van der Waals surface area (Å²) >= 11 is 4.97. The number of hydrogen-bond donors (Lipinski definition) is 1. The molecule has 39 heavy (non-hydrogen) atoms. The van der Waals surface area contributed by atoms with Crippen LogP contribution in [0.5, 0.6) is 0 Å². The molecule has 1 amide bonds. The Balaban J connectivity index is 1.31. The van der Waals surface area contributed by atoms with Gasteiger partial charge in [0, 0.05) is 32.7 Å². The monoisotopic (exact) mass is 608 g/mol. The van der Waals surface area contributed by atoms with Crippen molar-refractivity contribution in [2.45, 2.75) is 17.1 Å². The highest BCUT2D eigenvalue weighted by molar-refractivity contribution is 9.10. The summed E-state index contributed by atoms with van der Waals surface area (Å²) in [4.78, 5) is 12.6. The van der Waals surface area contributed by atoms with E-state index in [2.05, 4.69) is 31.4 Å². The Hall–Kier alpha value is -3.89. The minimum Gasteiger partial charge on any atom is -0.322 e. The highest BCUT2D eigenvalue weighted by Crippen LogP contribution is 2.32. The number of amides is 1. The van der Waals surface area contributed by atoms with Gasteiger partial charge < -0.3 is 5.32 Å². The average Bonchev–Trinajstić information content (AvgIpc) is 3.37. The van der Waals surface area contributed by atoms with Gasteiger partial charge in [-0.2, -0.15) is 13.2 Å². The van der Waals surface area contributed by atoms with Crippen molar-refractivity contribution in [3.8, 4) is 17.1 Å². The summed E-state index contributed by atoms with van der Waals surface area (Å²) in [6, 6.07) is 29.2. The van der Waals surface area contributed by atoms with Crippen LogP contribution in [0.15, 0.2) is 113 Å². The summed E-state index contributed by atoms with van der Waals surface area (Å²) in [7, 11) is 0. The standard InChI is InChI=1S/C29H20BrF3N4OS/c30-23-15-13-20(14-16-23)26-35-36-28(37(26)25-7-2-1-3-8-25)39-18-19-9-11-21(12-10-19)27(38)34-24-6-4-5-22(17-24)29(31,32)33/h1-17H,18H2,(H,34,38). The number of anilines is 1. The first-order valence-electron chi connectivity index (χ1n) is 11.7. The SMILES string of the molecule is O=C(Nc1cccc(C(F)(F)F)c1)c1ccc(CSc2nnc(-c3ccc(Br)cc3)n2-c2ccccc2)cc1. The van der Waals surface area contributed by atoms with E-state index in [0.29, 0.717) is 16.5 Å². The largest absolute Gasteiger partial charge is 0.416 e. The van der Waals surface area contributed by atoms with E-state index in [4.69, 9.17) is 0 Å². The zero-order chi connectivity index (χ0) is 27.4. The van der Waals surface area contributed by atoms with Gasteiger partial charge in [-0.1, -0.05) is 76.2 Å². The van der Waals surface area contributed by atoms with Crippen molar-refractivity contribution in [3.63, 3.8) is 0 Å². The summed E-state index contributed by atoms with van der Waals surface area (Å²) in [6.45, 7) is 0. The van der Waals surface area contributed by atoms with E-state index in [-0.39, 0.29) is 5.69 Å². The van der Waals surface area contributed by atoms with Gasteiger partial charge in [-0.3, -0.25) is 9.36 Å². The van der Waals surface area contributed by atoms with Crippen molar-refractivity contribution in [1.29, 1.82) is 0 Å². The first-order valence-corrected chi connectivity index (χ1v) is 13.5. The molecule has 0 unspecified atom stereocenters. The van der Waals surface area contributed by atoms with Gasteiger partial charge in [-0.25, -0.2) is 0 Å². The third kappa shape index (κ3) is 6.40. The first-order chi connectivity index (χ1) is 18.8. The van der Waals surface area contributed by atoms with Crippen LogP contribution in [0.3, 0.4) is 0 Å². The molecule has 5 nitrogen and oxygen atoms in total. The average molecular weight is 609 g/mol. The highest BCUT2D eigenvalue weighted by Gasteiger charge is 2.30. The second kappa shape index (κ2) is 11.5. The van der Waals surface area contributed by atoms with Crippen LogP contribution in [0.1, 0.15) is 21.5 Å². The minimum absolute atomic E-state index is 0.0799. The Kier molecular flexibility index (Phi) is 7.85. The summed E-state index contributed by atoms with van der Waals surface area (Å²) < 4.78 is 41.9. The number of alkyl halides is 3. The zero-order valence-electron chi connectivity index (χ0n) is 20.2. The summed E-state index contributed by atoms with van der Waals surface area (Å²) in [5.74, 6) is 0.801. The van der Waals surface area contributed by atoms with E-state index in [9.17, 15) is 18.0 Å². The molecule has 5 rings (SSSR count). The maximum absolute atomic E-state index is 13.0. The number of hydrogen-bond acceptors (Lipinski definition) is 4. The maximum atomic E-state index is 13.0. The van der Waals surface area contributed by atoms with Gasteiger partial charge in [0.2, 0.25) is 0 Å². The van der Waals surface area contributed by atoms with Gasteiger partial charge in [0.25, 0.3) is 5.91 Å². The maximum Gasteiger partial charge on any atom is 0.416 e. The van der Waals surface area contributed by atoms with Gasteiger partial charge in [-0.05, 0) is 60.2 Å². The molecule has 0 aliphatic carbocycles. The van der Waals surface area contributed by atoms with E-state index in [0.717, 1.165) is 39.2 Å². The molecule has 0 aliphatic rings. The number of carbonyl (C=O) groups is 1. The van der Waals surface area contributed by atoms with Crippen LogP contribution in [0.4, 0.5) is 18.9 Å². The zero-order valence-corrected chi connectivity index (χ0v) is 22.6. The molecule has 1 heterocycles. The number of nitrogens with zero attached hydrogens (tertiary/aromatic N) is 3. The molecule has 0 spiro atoms. The smallest absolute Gasteiger partial charge is 0.322 e. The van der Waals surface area contributed by atoms with Crippen molar-refractivity contribution in [2.75, 3.05) is 5.32 Å². The Morgan fingerprint density at radius 1 is 0.872 bits per heavy atom. The van der Waals surface area contributed by atoms with Crippen molar-refractivity contribution in [3.05, 3.63) is 124 Å². The fourth-order valence-corrected chi connectivity index (χ4v) is 5.01. The van der Waals surface area contributed by atoms with E-state index in [1.165, 1.54) is 23.9 Å². The number of aromatic nitrogens is 3. The molecule has 1 aromatic heterocycles. The number of nitrogens with one attached hydrogen (secondary N) is 1. The third-order valence-corrected chi connectivity index (χ3v) is 7.31. The van der Waals surface area contributed by atoms with Crippen molar-refractivity contribution in [2.24, 2.45) is 0 Å². The lowest BCUT2D eigenvalue weighted by Gasteiger charge is -2.11. The number of benzene rings is 4. The molecule has 0 saturated heterocycles. The molecule has 0 aliphatic heterocycles. The molecule has 0 radical (unpaired) electrons. The number of carbonyl (C=O) groups excluding carboxylic acids is 1. The molecule has 10 heteroatoms. The second-order valence-corrected chi connectivity index (χ2v) is 10.4. The van der Waals surface area contributed by atoms with E-state index in [1.807, 2.05) is 71.3 Å². The van der Waals surface area contributed by atoms with Crippen LogP contribution in [-0.4, -0.2) is 20.7 Å². The fraction of sp³-hybridized carbons (Fsp3) is 0.0690. The Morgan fingerprint density at radius 2 is 1.59 bits per heavy atom. The highest BCUT2D eigenvalue weighted by atomic mass is 79.9. The number of rotatable bonds is 7. The quantitative estimate of drug-likeness (QED) is 0.189. The molecular weight excluding hydrogens is 589 g/mol. The second-order valence-electron chi connectivity index (χ2n) is 8.50. The normalized spacial score (nSPS) is 11.4. The van der Waals surface area contributed by atoms with Crippen molar-refractivity contribution in [1.82, 2.24) is 14.8 Å². The Bertz CT molecular complexity index is 1590. The topological polar surface area (TPSA) is 59.8 Å². The van der Waals surface area contributed by atoms with Gasteiger partial charge in [0.15, 0.2) is 11.0 Å². The lowest BCUT2D eigenvalue weighted by molar-refractivity contribution is -0.137. The first kappa shape index (κ1) is 26.7. The summed E-state index contributed by atoms with van der Waals surface area (Å²) in [5, 5.41) is 12.1. The molecule has 0 saturated carbocycles. The van der Waals surface area contributed by atoms with Gasteiger partial charge in [0.05, 0.1) is 5.56 Å². The Labute approximate surface area is 235 Å². The van der Waals surface area contributed by atoms with Crippen LogP contribution >= 0.6 is 27.7 Å². The molecule has 0 fully saturated rings. The van der Waals surface area contributed by atoms with Crippen LogP contribution < -0.4 is 5.32 Å². The van der Waals surface area contributed by atoms with Gasteiger partial charge >= 0.3 is 6.18 Å². The molecule has 5 aromatic rings.